The van der Waals surface area contributed by atoms with Crippen molar-refractivity contribution in [1.29, 1.82) is 0 Å². The highest BCUT2D eigenvalue weighted by Gasteiger charge is 2.55. The summed E-state index contributed by atoms with van der Waals surface area (Å²) in [6, 6.07) is 9.00. The van der Waals surface area contributed by atoms with Crippen LogP contribution in [0.25, 0.3) is 0 Å². The van der Waals surface area contributed by atoms with E-state index in [0.29, 0.717) is 26.0 Å². The SMILES string of the molecule is C[C@@H]1CCCC[C@]12NC(=O)N(CC(=O)NCCCOc1ccccc1)C2=O. The van der Waals surface area contributed by atoms with Gasteiger partial charge in [-0.1, -0.05) is 38.0 Å². The fourth-order valence-electron chi connectivity index (χ4n) is 3.85. The molecule has 1 aliphatic carbocycles. The molecule has 2 fully saturated rings. The summed E-state index contributed by atoms with van der Waals surface area (Å²) in [6.07, 6.45) is 4.18. The van der Waals surface area contributed by atoms with Gasteiger partial charge in [0, 0.05) is 6.54 Å². The molecule has 4 amide bonds. The summed E-state index contributed by atoms with van der Waals surface area (Å²) < 4.78 is 5.56. The Balaban J connectivity index is 1.42. The average Bonchev–Trinajstić information content (AvgIpc) is 2.90. The molecule has 1 spiro atoms. The summed E-state index contributed by atoms with van der Waals surface area (Å²) in [5.41, 5.74) is -0.820. The van der Waals surface area contributed by atoms with Gasteiger partial charge >= 0.3 is 6.03 Å². The third kappa shape index (κ3) is 4.23. The van der Waals surface area contributed by atoms with Gasteiger partial charge in [-0.2, -0.15) is 0 Å². The van der Waals surface area contributed by atoms with Crippen LogP contribution in [0.5, 0.6) is 5.75 Å². The summed E-state index contributed by atoms with van der Waals surface area (Å²) >= 11 is 0. The van der Waals surface area contributed by atoms with Gasteiger partial charge < -0.3 is 15.4 Å². The molecule has 2 atom stereocenters. The first-order valence-electron chi connectivity index (χ1n) is 9.61. The number of hydrogen-bond donors (Lipinski definition) is 2. The van der Waals surface area contributed by atoms with Crippen molar-refractivity contribution in [2.24, 2.45) is 5.92 Å². The molecule has 146 valence electrons. The van der Waals surface area contributed by atoms with Crippen LogP contribution in [0.15, 0.2) is 30.3 Å². The minimum atomic E-state index is -0.820. The fraction of sp³-hybridized carbons (Fsp3) is 0.550. The van der Waals surface area contributed by atoms with Gasteiger partial charge in [-0.15, -0.1) is 0 Å². The number of nitrogens with zero attached hydrogens (tertiary/aromatic N) is 1. The minimum absolute atomic E-state index is 0.0888. The van der Waals surface area contributed by atoms with E-state index in [0.717, 1.165) is 29.9 Å². The second kappa shape index (κ2) is 8.41. The van der Waals surface area contributed by atoms with Crippen LogP contribution in [0.2, 0.25) is 0 Å². The van der Waals surface area contributed by atoms with Crippen LogP contribution in [0, 0.1) is 5.92 Å². The number of benzene rings is 1. The van der Waals surface area contributed by atoms with E-state index in [2.05, 4.69) is 10.6 Å². The van der Waals surface area contributed by atoms with E-state index in [1.807, 2.05) is 37.3 Å². The normalized spacial score (nSPS) is 24.8. The van der Waals surface area contributed by atoms with Crippen LogP contribution in [-0.4, -0.2) is 48.0 Å². The highest BCUT2D eigenvalue weighted by molar-refractivity contribution is 6.09. The van der Waals surface area contributed by atoms with Gasteiger partial charge in [-0.05, 0) is 37.3 Å². The molecular weight excluding hydrogens is 346 g/mol. The molecule has 1 saturated heterocycles. The van der Waals surface area contributed by atoms with Crippen molar-refractivity contribution in [3.05, 3.63) is 30.3 Å². The molecule has 2 N–H and O–H groups in total. The summed E-state index contributed by atoms with van der Waals surface area (Å²) in [5, 5.41) is 5.60. The van der Waals surface area contributed by atoms with E-state index in [4.69, 9.17) is 4.74 Å². The molecule has 3 rings (SSSR count). The minimum Gasteiger partial charge on any atom is -0.494 e. The number of amides is 4. The van der Waals surface area contributed by atoms with E-state index in [-0.39, 0.29) is 24.3 Å². The number of urea groups is 1. The lowest BCUT2D eigenvalue weighted by Crippen LogP contribution is -2.54. The number of carbonyl (C=O) groups excluding carboxylic acids is 3. The Morgan fingerprint density at radius 2 is 2.07 bits per heavy atom. The highest BCUT2D eigenvalue weighted by Crippen LogP contribution is 2.38. The van der Waals surface area contributed by atoms with Crippen molar-refractivity contribution in [1.82, 2.24) is 15.5 Å². The van der Waals surface area contributed by atoms with Crippen LogP contribution < -0.4 is 15.4 Å². The molecule has 7 heteroatoms. The number of rotatable bonds is 7. The number of nitrogens with one attached hydrogen (secondary N) is 2. The Hall–Kier alpha value is -2.57. The first-order valence-corrected chi connectivity index (χ1v) is 9.61. The second-order valence-corrected chi connectivity index (χ2v) is 7.30. The molecule has 7 nitrogen and oxygen atoms in total. The van der Waals surface area contributed by atoms with Crippen molar-refractivity contribution >= 4 is 17.8 Å². The number of carbonyl (C=O) groups is 3. The Bertz CT molecular complexity index is 694. The summed E-state index contributed by atoms with van der Waals surface area (Å²) in [6.45, 7) is 2.66. The first kappa shape index (κ1) is 19.2. The number of ether oxygens (including phenoxy) is 1. The maximum absolute atomic E-state index is 12.8. The fourth-order valence-corrected chi connectivity index (χ4v) is 3.85. The molecule has 1 aliphatic heterocycles. The topological polar surface area (TPSA) is 87.7 Å². The Morgan fingerprint density at radius 3 is 2.81 bits per heavy atom. The van der Waals surface area contributed by atoms with E-state index in [1.54, 1.807) is 0 Å². The van der Waals surface area contributed by atoms with Gasteiger partial charge in [0.05, 0.1) is 6.61 Å². The summed E-state index contributed by atoms with van der Waals surface area (Å²) in [5.74, 6) is 0.280. The first-order chi connectivity index (χ1) is 13.0. The Labute approximate surface area is 159 Å². The molecule has 1 aromatic rings. The Kier molecular flexibility index (Phi) is 5.98. The van der Waals surface area contributed by atoms with Gasteiger partial charge in [0.2, 0.25) is 5.91 Å². The number of hydrogen-bond acceptors (Lipinski definition) is 4. The van der Waals surface area contributed by atoms with E-state index >= 15 is 0 Å². The molecular formula is C20H27N3O4. The van der Waals surface area contributed by atoms with Gasteiger partial charge in [0.25, 0.3) is 5.91 Å². The third-order valence-corrected chi connectivity index (χ3v) is 5.46. The zero-order valence-corrected chi connectivity index (χ0v) is 15.7. The molecule has 2 aliphatic rings. The lowest BCUT2D eigenvalue weighted by atomic mass is 9.73. The van der Waals surface area contributed by atoms with Crippen LogP contribution >= 0.6 is 0 Å². The van der Waals surface area contributed by atoms with E-state index < -0.39 is 11.6 Å². The van der Waals surface area contributed by atoms with Crippen LogP contribution in [-0.2, 0) is 9.59 Å². The van der Waals surface area contributed by atoms with E-state index in [1.165, 1.54) is 0 Å². The van der Waals surface area contributed by atoms with Crippen molar-refractivity contribution in [3.63, 3.8) is 0 Å². The van der Waals surface area contributed by atoms with E-state index in [9.17, 15) is 14.4 Å². The predicted molar refractivity (Wildman–Crippen MR) is 100 cm³/mol. The van der Waals surface area contributed by atoms with Gasteiger partial charge in [0.15, 0.2) is 0 Å². The predicted octanol–water partition coefficient (Wildman–Crippen LogP) is 2.07. The largest absolute Gasteiger partial charge is 0.494 e. The average molecular weight is 373 g/mol. The van der Waals surface area contributed by atoms with Gasteiger partial charge in [0.1, 0.15) is 17.8 Å². The summed E-state index contributed by atoms with van der Waals surface area (Å²) in [7, 11) is 0. The maximum atomic E-state index is 12.8. The Morgan fingerprint density at radius 1 is 1.30 bits per heavy atom. The molecule has 0 unspecified atom stereocenters. The standard InChI is InChI=1S/C20H27N3O4/c1-15-8-5-6-11-20(15)18(25)23(19(26)22-20)14-17(24)21-12-7-13-27-16-9-3-2-4-10-16/h2-4,9-10,15H,5-8,11-14H2,1H3,(H,21,24)(H,22,26)/t15-,20+/m1/s1. The van der Waals surface area contributed by atoms with Crippen molar-refractivity contribution in [2.45, 2.75) is 44.6 Å². The van der Waals surface area contributed by atoms with Crippen molar-refractivity contribution in [3.8, 4) is 5.75 Å². The molecule has 27 heavy (non-hydrogen) atoms. The maximum Gasteiger partial charge on any atom is 0.325 e. The van der Waals surface area contributed by atoms with Gasteiger partial charge in [-0.25, -0.2) is 4.79 Å². The zero-order chi connectivity index (χ0) is 19.3. The monoisotopic (exact) mass is 373 g/mol. The molecule has 1 saturated carbocycles. The van der Waals surface area contributed by atoms with Gasteiger partial charge in [-0.3, -0.25) is 14.5 Å². The highest BCUT2D eigenvalue weighted by atomic mass is 16.5. The molecule has 0 aromatic heterocycles. The van der Waals surface area contributed by atoms with Crippen LogP contribution in [0.1, 0.15) is 39.0 Å². The molecule has 1 aromatic carbocycles. The number of para-hydroxylation sites is 1. The van der Waals surface area contributed by atoms with Crippen molar-refractivity contribution < 1.29 is 19.1 Å². The third-order valence-electron chi connectivity index (χ3n) is 5.46. The molecule has 0 bridgehead atoms. The number of imide groups is 1. The summed E-state index contributed by atoms with van der Waals surface area (Å²) in [4.78, 5) is 38.3. The molecule has 1 heterocycles. The quantitative estimate of drug-likeness (QED) is 0.566. The lowest BCUT2D eigenvalue weighted by Gasteiger charge is -2.36. The molecule has 0 radical (unpaired) electrons. The lowest BCUT2D eigenvalue weighted by molar-refractivity contribution is -0.137. The smallest absolute Gasteiger partial charge is 0.325 e. The van der Waals surface area contributed by atoms with Crippen molar-refractivity contribution in [2.75, 3.05) is 19.7 Å². The van der Waals surface area contributed by atoms with Crippen LogP contribution in [0.3, 0.4) is 0 Å². The van der Waals surface area contributed by atoms with Crippen LogP contribution in [0.4, 0.5) is 4.79 Å². The zero-order valence-electron chi connectivity index (χ0n) is 15.7. The second-order valence-electron chi connectivity index (χ2n) is 7.30.